The number of hydrogen-bond acceptors (Lipinski definition) is 4. The van der Waals surface area contributed by atoms with Gasteiger partial charge in [-0.15, -0.1) is 0 Å². The zero-order valence-corrected chi connectivity index (χ0v) is 5.47. The minimum atomic E-state index is -3.90. The molecule has 0 aliphatic rings. The van der Waals surface area contributed by atoms with Gasteiger partial charge in [0.15, 0.2) is 0 Å². The van der Waals surface area contributed by atoms with Crippen molar-refractivity contribution in [3.8, 4) is 0 Å². The summed E-state index contributed by atoms with van der Waals surface area (Å²) in [6, 6.07) is 0. The maximum Gasteiger partial charge on any atom is 0.264 e. The first kappa shape index (κ1) is 8.51. The van der Waals surface area contributed by atoms with Crippen LogP contribution in [0.5, 0.6) is 0 Å². The van der Waals surface area contributed by atoms with Gasteiger partial charge in [0, 0.05) is 0 Å². The fraction of sp³-hybridized carbons (Fsp3) is 1.00. The Morgan fingerprint density at radius 2 is 2.00 bits per heavy atom. The van der Waals surface area contributed by atoms with Gasteiger partial charge >= 0.3 is 0 Å². The molecule has 0 atom stereocenters. The largest absolute Gasteiger partial charge is 0.286 e. The average Bonchev–Trinajstić information content (AvgIpc) is 1.63. The zero-order valence-electron chi connectivity index (χ0n) is 4.65. The summed E-state index contributed by atoms with van der Waals surface area (Å²) in [6.07, 6.45) is 0.0856. The van der Waals surface area contributed by atoms with E-state index in [0.29, 0.717) is 0 Å². The Bertz CT molecular complexity index is 172. The fourth-order valence-electron chi connectivity index (χ4n) is 0.312. The van der Waals surface area contributed by atoms with E-state index in [-0.39, 0.29) is 13.0 Å². The number of nitroso groups, excluding NO2 is 1. The molecule has 0 spiro atoms. The Balaban J connectivity index is 3.40. The minimum Gasteiger partial charge on any atom is -0.286 e. The van der Waals surface area contributed by atoms with Crippen molar-refractivity contribution in [2.75, 3.05) is 12.3 Å². The van der Waals surface area contributed by atoms with Crippen LogP contribution in [0, 0.1) is 4.91 Å². The summed E-state index contributed by atoms with van der Waals surface area (Å²) in [6.45, 7) is -0.0697. The highest BCUT2D eigenvalue weighted by Crippen LogP contribution is 1.87. The van der Waals surface area contributed by atoms with Gasteiger partial charge in [0.05, 0.1) is 12.3 Å². The maximum atomic E-state index is 9.92. The lowest BCUT2D eigenvalue weighted by Crippen LogP contribution is -2.04. The third kappa shape index (κ3) is 7.51. The van der Waals surface area contributed by atoms with Crippen LogP contribution in [0.2, 0.25) is 0 Å². The molecule has 5 nitrogen and oxygen atoms in total. The van der Waals surface area contributed by atoms with Gasteiger partial charge in [-0.05, 0) is 6.42 Å². The van der Waals surface area contributed by atoms with Crippen LogP contribution in [0.4, 0.5) is 0 Å². The topological polar surface area (TPSA) is 83.8 Å². The first-order valence-corrected chi connectivity index (χ1v) is 3.91. The lowest BCUT2D eigenvalue weighted by atomic mass is 10.5. The normalized spacial score (nSPS) is 11.2. The van der Waals surface area contributed by atoms with Gasteiger partial charge < -0.3 is 0 Å². The van der Waals surface area contributed by atoms with Gasteiger partial charge in [-0.2, -0.15) is 13.3 Å². The van der Waals surface area contributed by atoms with Crippen LogP contribution in [0.3, 0.4) is 0 Å². The smallest absolute Gasteiger partial charge is 0.264 e. The molecule has 0 fully saturated rings. The summed E-state index contributed by atoms with van der Waals surface area (Å²) in [5, 5.41) is 2.41. The zero-order chi connectivity index (χ0) is 7.33. The summed E-state index contributed by atoms with van der Waals surface area (Å²) >= 11 is 0. The highest BCUT2D eigenvalue weighted by atomic mass is 32.2. The van der Waals surface area contributed by atoms with Crippen molar-refractivity contribution in [1.29, 1.82) is 0 Å². The number of hydrogen-bond donors (Lipinski definition) is 1. The molecule has 9 heavy (non-hydrogen) atoms. The third-order valence-corrected chi connectivity index (χ3v) is 1.46. The molecule has 0 radical (unpaired) electrons. The first-order valence-electron chi connectivity index (χ1n) is 2.30. The van der Waals surface area contributed by atoms with E-state index in [1.165, 1.54) is 0 Å². The van der Waals surface area contributed by atoms with E-state index < -0.39 is 15.9 Å². The monoisotopic (exact) mass is 153 g/mol. The van der Waals surface area contributed by atoms with Crippen LogP contribution in [-0.2, 0) is 10.1 Å². The summed E-state index contributed by atoms with van der Waals surface area (Å²) in [4.78, 5) is 9.36. The second kappa shape index (κ2) is 3.52. The molecule has 0 bridgehead atoms. The first-order chi connectivity index (χ1) is 4.06. The summed E-state index contributed by atoms with van der Waals surface area (Å²) in [7, 11) is -3.90. The van der Waals surface area contributed by atoms with Gasteiger partial charge in [-0.3, -0.25) is 4.55 Å². The molecule has 0 saturated heterocycles. The average molecular weight is 153 g/mol. The van der Waals surface area contributed by atoms with Crippen LogP contribution in [0.1, 0.15) is 6.42 Å². The predicted octanol–water partition coefficient (Wildman–Crippen LogP) is 0.0307. The Kier molecular flexibility index (Phi) is 3.33. The number of nitrogens with zero attached hydrogens (tertiary/aromatic N) is 1. The summed E-state index contributed by atoms with van der Waals surface area (Å²) in [5.74, 6) is -0.390. The molecule has 0 unspecified atom stereocenters. The number of rotatable bonds is 4. The van der Waals surface area contributed by atoms with Crippen molar-refractivity contribution < 1.29 is 13.0 Å². The highest BCUT2D eigenvalue weighted by Gasteiger charge is 2.01. The standard InChI is InChI=1S/C3H7NO4S/c5-4-2-1-3-9(6,7)8/h1-3H2,(H,6,7,8). The van der Waals surface area contributed by atoms with E-state index in [0.717, 1.165) is 0 Å². The molecule has 0 aromatic carbocycles. The van der Waals surface area contributed by atoms with Crippen molar-refractivity contribution in [3.05, 3.63) is 4.91 Å². The van der Waals surface area contributed by atoms with Crippen molar-refractivity contribution in [2.24, 2.45) is 5.18 Å². The van der Waals surface area contributed by atoms with Gasteiger partial charge in [0.1, 0.15) is 0 Å². The van der Waals surface area contributed by atoms with Crippen LogP contribution in [0.25, 0.3) is 0 Å². The van der Waals surface area contributed by atoms with Gasteiger partial charge in [-0.25, -0.2) is 0 Å². The van der Waals surface area contributed by atoms with Crippen molar-refractivity contribution >= 4 is 10.1 Å². The lowest BCUT2D eigenvalue weighted by molar-refractivity contribution is 0.481. The molecule has 0 saturated carbocycles. The van der Waals surface area contributed by atoms with E-state index in [1.807, 2.05) is 0 Å². The maximum absolute atomic E-state index is 9.92. The molecule has 54 valence electrons. The molecule has 0 aliphatic carbocycles. The van der Waals surface area contributed by atoms with Gasteiger partial charge in [0.25, 0.3) is 10.1 Å². The lowest BCUT2D eigenvalue weighted by Gasteiger charge is -1.89. The van der Waals surface area contributed by atoms with Crippen molar-refractivity contribution in [3.63, 3.8) is 0 Å². The van der Waals surface area contributed by atoms with Crippen LogP contribution < -0.4 is 0 Å². The molecule has 0 aliphatic heterocycles. The molecule has 1 N–H and O–H groups in total. The molecular formula is C3H7NO4S. The second-order valence-electron chi connectivity index (χ2n) is 1.49. The Labute approximate surface area is 52.8 Å². The van der Waals surface area contributed by atoms with Gasteiger partial charge in [-0.1, -0.05) is 5.18 Å². The molecular weight excluding hydrogens is 146 g/mol. The van der Waals surface area contributed by atoms with Crippen LogP contribution in [0.15, 0.2) is 5.18 Å². The quantitative estimate of drug-likeness (QED) is 0.351. The van der Waals surface area contributed by atoms with E-state index in [9.17, 15) is 13.3 Å². The van der Waals surface area contributed by atoms with E-state index >= 15 is 0 Å². The molecule has 0 aromatic heterocycles. The molecule has 0 rings (SSSR count). The molecule has 0 amide bonds. The Morgan fingerprint density at radius 3 is 2.33 bits per heavy atom. The summed E-state index contributed by atoms with van der Waals surface area (Å²) < 4.78 is 27.9. The Morgan fingerprint density at radius 1 is 1.44 bits per heavy atom. The second-order valence-corrected chi connectivity index (χ2v) is 3.06. The molecule has 6 heteroatoms. The minimum absolute atomic E-state index is 0.0697. The predicted molar refractivity (Wildman–Crippen MR) is 31.7 cm³/mol. The summed E-state index contributed by atoms with van der Waals surface area (Å²) in [5.41, 5.74) is 0. The van der Waals surface area contributed by atoms with Crippen molar-refractivity contribution in [1.82, 2.24) is 0 Å². The van der Waals surface area contributed by atoms with Crippen LogP contribution >= 0.6 is 0 Å². The molecule has 0 heterocycles. The third-order valence-electron chi connectivity index (χ3n) is 0.652. The highest BCUT2D eigenvalue weighted by molar-refractivity contribution is 7.85. The van der Waals surface area contributed by atoms with Crippen LogP contribution in [-0.4, -0.2) is 25.3 Å². The molecule has 0 aromatic rings. The Hall–Kier alpha value is -0.490. The van der Waals surface area contributed by atoms with Gasteiger partial charge in [0.2, 0.25) is 0 Å². The fourth-order valence-corrected chi connectivity index (χ4v) is 0.805. The van der Waals surface area contributed by atoms with E-state index in [2.05, 4.69) is 5.18 Å². The van der Waals surface area contributed by atoms with Crippen molar-refractivity contribution in [2.45, 2.75) is 6.42 Å². The van der Waals surface area contributed by atoms with E-state index in [4.69, 9.17) is 4.55 Å². The van der Waals surface area contributed by atoms with E-state index in [1.54, 1.807) is 0 Å². The SMILES string of the molecule is O=NCCCS(=O)(=O)O.